The number of nitrogen functional groups attached to an aromatic ring is 1. The lowest BCUT2D eigenvalue weighted by atomic mass is 9.93. The Labute approximate surface area is 126 Å². The SMILES string of the molecule is CCCc1cc(C(=O)NC(C)C2CCOCC2)cc(N)n1. The molecule has 1 aromatic rings. The second-order valence-corrected chi connectivity index (χ2v) is 5.73. The summed E-state index contributed by atoms with van der Waals surface area (Å²) in [5.74, 6) is 0.822. The van der Waals surface area contributed by atoms with E-state index in [1.165, 1.54) is 0 Å². The number of hydrogen-bond acceptors (Lipinski definition) is 4. The van der Waals surface area contributed by atoms with E-state index in [1.807, 2.05) is 6.07 Å². The molecule has 0 aromatic carbocycles. The molecule has 1 unspecified atom stereocenters. The molecule has 1 aliphatic heterocycles. The first-order valence-electron chi connectivity index (χ1n) is 7.75. The van der Waals surface area contributed by atoms with Crippen molar-refractivity contribution < 1.29 is 9.53 Å². The van der Waals surface area contributed by atoms with E-state index in [4.69, 9.17) is 10.5 Å². The molecule has 1 aromatic heterocycles. The van der Waals surface area contributed by atoms with Crippen LogP contribution < -0.4 is 11.1 Å². The first kappa shape index (κ1) is 15.8. The van der Waals surface area contributed by atoms with E-state index >= 15 is 0 Å². The Bertz CT molecular complexity index is 484. The minimum atomic E-state index is -0.0690. The van der Waals surface area contributed by atoms with E-state index in [0.29, 0.717) is 17.3 Å². The predicted molar refractivity (Wildman–Crippen MR) is 83.1 cm³/mol. The Morgan fingerprint density at radius 3 is 2.86 bits per heavy atom. The quantitative estimate of drug-likeness (QED) is 0.871. The Morgan fingerprint density at radius 1 is 1.48 bits per heavy atom. The van der Waals surface area contributed by atoms with Gasteiger partial charge >= 0.3 is 0 Å². The molecule has 1 saturated heterocycles. The number of pyridine rings is 1. The van der Waals surface area contributed by atoms with Gasteiger partial charge in [-0.2, -0.15) is 0 Å². The van der Waals surface area contributed by atoms with Crippen molar-refractivity contribution in [3.05, 3.63) is 23.4 Å². The zero-order chi connectivity index (χ0) is 15.2. The van der Waals surface area contributed by atoms with Crippen molar-refractivity contribution in [2.45, 2.75) is 45.6 Å². The van der Waals surface area contributed by atoms with Crippen LogP contribution in [0.4, 0.5) is 5.82 Å². The molecule has 1 amide bonds. The van der Waals surface area contributed by atoms with Gasteiger partial charge in [-0.15, -0.1) is 0 Å². The molecule has 0 bridgehead atoms. The molecule has 0 radical (unpaired) electrons. The van der Waals surface area contributed by atoms with Gasteiger partial charge in [-0.05, 0) is 44.2 Å². The monoisotopic (exact) mass is 291 g/mol. The van der Waals surface area contributed by atoms with Crippen molar-refractivity contribution in [2.75, 3.05) is 18.9 Å². The minimum Gasteiger partial charge on any atom is -0.384 e. The van der Waals surface area contributed by atoms with Crippen LogP contribution in [0.15, 0.2) is 12.1 Å². The fourth-order valence-corrected chi connectivity index (χ4v) is 2.75. The molecule has 1 atom stereocenters. The third-order valence-corrected chi connectivity index (χ3v) is 4.00. The van der Waals surface area contributed by atoms with Crippen molar-refractivity contribution in [3.63, 3.8) is 0 Å². The van der Waals surface area contributed by atoms with Gasteiger partial charge in [0.05, 0.1) is 0 Å². The van der Waals surface area contributed by atoms with E-state index in [0.717, 1.165) is 44.6 Å². The summed E-state index contributed by atoms with van der Waals surface area (Å²) in [5, 5.41) is 3.08. The Kier molecular flexibility index (Phi) is 5.56. The highest BCUT2D eigenvalue weighted by Crippen LogP contribution is 2.19. The number of aryl methyl sites for hydroxylation is 1. The third kappa shape index (κ3) is 4.43. The van der Waals surface area contributed by atoms with Crippen LogP contribution in [0.2, 0.25) is 0 Å². The molecule has 1 aliphatic rings. The van der Waals surface area contributed by atoms with Gasteiger partial charge in [0, 0.05) is 30.5 Å². The molecule has 3 N–H and O–H groups in total. The van der Waals surface area contributed by atoms with E-state index in [2.05, 4.69) is 24.1 Å². The van der Waals surface area contributed by atoms with Crippen molar-refractivity contribution in [3.8, 4) is 0 Å². The van der Waals surface area contributed by atoms with E-state index in [-0.39, 0.29) is 11.9 Å². The van der Waals surface area contributed by atoms with Gasteiger partial charge in [0.25, 0.3) is 5.91 Å². The average Bonchev–Trinajstić information content (AvgIpc) is 2.48. The average molecular weight is 291 g/mol. The number of hydrogen-bond donors (Lipinski definition) is 2. The fraction of sp³-hybridized carbons (Fsp3) is 0.625. The van der Waals surface area contributed by atoms with Gasteiger partial charge in [-0.1, -0.05) is 13.3 Å². The minimum absolute atomic E-state index is 0.0690. The fourth-order valence-electron chi connectivity index (χ4n) is 2.75. The normalized spacial score (nSPS) is 17.4. The van der Waals surface area contributed by atoms with Gasteiger partial charge in [0.1, 0.15) is 5.82 Å². The molecule has 5 heteroatoms. The lowest BCUT2D eigenvalue weighted by molar-refractivity contribution is 0.0538. The molecular formula is C16H25N3O2. The van der Waals surface area contributed by atoms with Crippen molar-refractivity contribution in [2.24, 2.45) is 5.92 Å². The van der Waals surface area contributed by atoms with Gasteiger partial charge in [0.15, 0.2) is 0 Å². The smallest absolute Gasteiger partial charge is 0.251 e. The maximum Gasteiger partial charge on any atom is 0.251 e. The zero-order valence-corrected chi connectivity index (χ0v) is 12.9. The maximum atomic E-state index is 12.4. The topological polar surface area (TPSA) is 77.2 Å². The largest absolute Gasteiger partial charge is 0.384 e. The Morgan fingerprint density at radius 2 is 2.19 bits per heavy atom. The second kappa shape index (κ2) is 7.41. The highest BCUT2D eigenvalue weighted by atomic mass is 16.5. The Hall–Kier alpha value is -1.62. The molecule has 2 rings (SSSR count). The van der Waals surface area contributed by atoms with Crippen LogP contribution in [0.5, 0.6) is 0 Å². The number of nitrogens with zero attached hydrogens (tertiary/aromatic N) is 1. The van der Waals surface area contributed by atoms with Crippen molar-refractivity contribution in [1.82, 2.24) is 10.3 Å². The number of carbonyl (C=O) groups excluding carboxylic acids is 1. The number of rotatable bonds is 5. The van der Waals surface area contributed by atoms with Crippen LogP contribution in [-0.4, -0.2) is 30.1 Å². The highest BCUT2D eigenvalue weighted by Gasteiger charge is 2.22. The lowest BCUT2D eigenvalue weighted by Gasteiger charge is -2.28. The summed E-state index contributed by atoms with van der Waals surface area (Å²) in [5.41, 5.74) is 7.27. The second-order valence-electron chi connectivity index (χ2n) is 5.73. The van der Waals surface area contributed by atoms with Gasteiger partial charge in [-0.25, -0.2) is 4.98 Å². The van der Waals surface area contributed by atoms with Gasteiger partial charge in [0.2, 0.25) is 0 Å². The standard InChI is InChI=1S/C16H25N3O2/c1-3-4-14-9-13(10-15(17)19-14)16(20)18-11(2)12-5-7-21-8-6-12/h9-12H,3-8H2,1-2H3,(H2,17,19)(H,18,20). The zero-order valence-electron chi connectivity index (χ0n) is 12.9. The summed E-state index contributed by atoms with van der Waals surface area (Å²) < 4.78 is 5.36. The van der Waals surface area contributed by atoms with E-state index < -0.39 is 0 Å². The lowest BCUT2D eigenvalue weighted by Crippen LogP contribution is -2.40. The van der Waals surface area contributed by atoms with Crippen LogP contribution in [0.3, 0.4) is 0 Å². The van der Waals surface area contributed by atoms with Gasteiger partial charge < -0.3 is 15.8 Å². The molecular weight excluding hydrogens is 266 g/mol. The summed E-state index contributed by atoms with van der Waals surface area (Å²) in [7, 11) is 0. The number of anilines is 1. The summed E-state index contributed by atoms with van der Waals surface area (Å²) in [4.78, 5) is 16.6. The summed E-state index contributed by atoms with van der Waals surface area (Å²) >= 11 is 0. The molecule has 2 heterocycles. The molecule has 0 aliphatic carbocycles. The highest BCUT2D eigenvalue weighted by molar-refractivity contribution is 5.95. The summed E-state index contributed by atoms with van der Waals surface area (Å²) in [6.45, 7) is 5.71. The third-order valence-electron chi connectivity index (χ3n) is 4.00. The predicted octanol–water partition coefficient (Wildman–Crippen LogP) is 2.16. The molecule has 1 fully saturated rings. The summed E-state index contributed by atoms with van der Waals surface area (Å²) in [6.07, 6.45) is 3.82. The molecule has 21 heavy (non-hydrogen) atoms. The van der Waals surface area contributed by atoms with E-state index in [1.54, 1.807) is 6.07 Å². The summed E-state index contributed by atoms with van der Waals surface area (Å²) in [6, 6.07) is 3.63. The Balaban J connectivity index is 2.01. The number of amides is 1. The first-order chi connectivity index (χ1) is 10.1. The number of carbonyl (C=O) groups is 1. The van der Waals surface area contributed by atoms with Crippen LogP contribution in [0, 0.1) is 5.92 Å². The van der Waals surface area contributed by atoms with E-state index in [9.17, 15) is 4.79 Å². The maximum absolute atomic E-state index is 12.4. The molecule has 5 nitrogen and oxygen atoms in total. The van der Waals surface area contributed by atoms with Crippen molar-refractivity contribution >= 4 is 11.7 Å². The van der Waals surface area contributed by atoms with Gasteiger partial charge in [-0.3, -0.25) is 4.79 Å². The number of aromatic nitrogens is 1. The van der Waals surface area contributed by atoms with Crippen LogP contribution in [0.25, 0.3) is 0 Å². The molecule has 0 saturated carbocycles. The van der Waals surface area contributed by atoms with Crippen molar-refractivity contribution in [1.29, 1.82) is 0 Å². The van der Waals surface area contributed by atoms with Crippen LogP contribution in [0.1, 0.15) is 49.2 Å². The first-order valence-corrected chi connectivity index (χ1v) is 7.75. The van der Waals surface area contributed by atoms with Crippen LogP contribution in [-0.2, 0) is 11.2 Å². The number of nitrogens with one attached hydrogen (secondary N) is 1. The molecule has 0 spiro atoms. The number of nitrogens with two attached hydrogens (primary N) is 1. The number of ether oxygens (including phenoxy) is 1. The molecule has 116 valence electrons. The van der Waals surface area contributed by atoms with Crippen LogP contribution >= 0.6 is 0 Å².